The van der Waals surface area contributed by atoms with Crippen molar-refractivity contribution >= 4 is 51.3 Å². The van der Waals surface area contributed by atoms with Crippen LogP contribution in [0.1, 0.15) is 18.1 Å². The van der Waals surface area contributed by atoms with Crippen LogP contribution in [0.5, 0.6) is 0 Å². The van der Waals surface area contributed by atoms with E-state index < -0.39 is 5.91 Å². The van der Waals surface area contributed by atoms with Gasteiger partial charge in [0.1, 0.15) is 0 Å². The third kappa shape index (κ3) is 2.30. The topological polar surface area (TPSA) is 50.3 Å². The van der Waals surface area contributed by atoms with Crippen LogP contribution >= 0.6 is 23.2 Å². The van der Waals surface area contributed by atoms with Gasteiger partial charge in [0, 0.05) is 35.5 Å². The summed E-state index contributed by atoms with van der Waals surface area (Å²) in [5.41, 5.74) is 1.91. The molecule has 1 aliphatic rings. The van der Waals surface area contributed by atoms with Crippen molar-refractivity contribution in [3.05, 3.63) is 58.9 Å². The number of halogens is 2. The van der Waals surface area contributed by atoms with Gasteiger partial charge in [-0.25, -0.2) is 4.90 Å². The van der Waals surface area contributed by atoms with E-state index in [-0.39, 0.29) is 16.5 Å². The second kappa shape index (κ2) is 5.55. The highest BCUT2D eigenvalue weighted by molar-refractivity contribution is 6.60. The van der Waals surface area contributed by atoms with E-state index in [4.69, 9.17) is 23.2 Å². The van der Waals surface area contributed by atoms with E-state index in [1.54, 1.807) is 42.7 Å². The largest absolute Gasteiger partial charge is 0.274 e. The smallest absolute Gasteiger partial charge is 0.267 e. The molecule has 0 aliphatic carbocycles. The lowest BCUT2D eigenvalue weighted by Crippen LogP contribution is -2.31. The summed E-state index contributed by atoms with van der Waals surface area (Å²) in [6.45, 7) is 1.32. The maximum Gasteiger partial charge on any atom is 0.267 e. The summed E-state index contributed by atoms with van der Waals surface area (Å²) in [7, 11) is 0. The molecular formula is C16H10Cl2N2O2. The molecule has 0 spiro atoms. The zero-order valence-electron chi connectivity index (χ0n) is 11.5. The van der Waals surface area contributed by atoms with Crippen LogP contribution in [-0.4, -0.2) is 16.8 Å². The Morgan fingerprint density at radius 3 is 2.68 bits per heavy atom. The van der Waals surface area contributed by atoms with Crippen LogP contribution in [0.15, 0.2) is 42.7 Å². The standard InChI is InChI=1S/C16H10Cl2N2O2/c1-9(21)20-13-7-11(17)4-5-12(13)14(16(20)22)15(18)10-3-2-6-19-8-10/h2-8H,1H3. The van der Waals surface area contributed by atoms with E-state index in [0.717, 1.165) is 4.90 Å². The number of benzene rings is 1. The van der Waals surface area contributed by atoms with Crippen LogP contribution in [0, 0.1) is 0 Å². The fourth-order valence-corrected chi connectivity index (χ4v) is 2.86. The number of fused-ring (bicyclic) bond motifs is 1. The van der Waals surface area contributed by atoms with Crippen LogP contribution in [-0.2, 0) is 9.59 Å². The number of amides is 2. The molecule has 0 saturated carbocycles. The van der Waals surface area contributed by atoms with Crippen molar-refractivity contribution in [1.29, 1.82) is 0 Å². The van der Waals surface area contributed by atoms with E-state index in [2.05, 4.69) is 4.98 Å². The normalized spacial score (nSPS) is 15.8. The van der Waals surface area contributed by atoms with Gasteiger partial charge in [-0.05, 0) is 18.2 Å². The number of pyridine rings is 1. The van der Waals surface area contributed by atoms with Crippen LogP contribution in [0.3, 0.4) is 0 Å². The lowest BCUT2D eigenvalue weighted by Gasteiger charge is -2.12. The number of nitrogens with zero attached hydrogens (tertiary/aromatic N) is 2. The molecular weight excluding hydrogens is 323 g/mol. The van der Waals surface area contributed by atoms with Gasteiger partial charge < -0.3 is 0 Å². The Labute approximate surface area is 137 Å². The van der Waals surface area contributed by atoms with Gasteiger partial charge in [-0.15, -0.1) is 0 Å². The summed E-state index contributed by atoms with van der Waals surface area (Å²) in [5, 5.41) is 0.696. The third-order valence-corrected chi connectivity index (χ3v) is 3.98. The Morgan fingerprint density at radius 1 is 1.27 bits per heavy atom. The molecule has 22 heavy (non-hydrogen) atoms. The molecule has 1 aromatic carbocycles. The fourth-order valence-electron chi connectivity index (χ4n) is 2.40. The van der Waals surface area contributed by atoms with E-state index in [9.17, 15) is 9.59 Å². The number of carbonyl (C=O) groups is 2. The zero-order valence-corrected chi connectivity index (χ0v) is 13.0. The number of rotatable bonds is 1. The molecule has 4 nitrogen and oxygen atoms in total. The van der Waals surface area contributed by atoms with Gasteiger partial charge in [0.05, 0.1) is 16.3 Å². The molecule has 2 heterocycles. The molecule has 1 aliphatic heterocycles. The summed E-state index contributed by atoms with van der Waals surface area (Å²) < 4.78 is 0. The molecule has 0 atom stereocenters. The highest BCUT2D eigenvalue weighted by atomic mass is 35.5. The number of anilines is 1. The van der Waals surface area contributed by atoms with Crippen LogP contribution in [0.25, 0.3) is 10.6 Å². The molecule has 2 amide bonds. The first-order valence-corrected chi connectivity index (χ1v) is 7.21. The average molecular weight is 333 g/mol. The Bertz CT molecular complexity index is 816. The van der Waals surface area contributed by atoms with E-state index in [1.807, 2.05) is 0 Å². The van der Waals surface area contributed by atoms with Crippen molar-refractivity contribution in [1.82, 2.24) is 4.98 Å². The lowest BCUT2D eigenvalue weighted by molar-refractivity contribution is -0.122. The first kappa shape index (κ1) is 14.8. The Balaban J connectivity index is 2.27. The predicted octanol–water partition coefficient (Wildman–Crippen LogP) is 3.74. The number of aromatic nitrogens is 1. The molecule has 0 N–H and O–H groups in total. The first-order valence-electron chi connectivity index (χ1n) is 6.46. The van der Waals surface area contributed by atoms with Crippen LogP contribution < -0.4 is 4.90 Å². The Hall–Kier alpha value is -2.17. The van der Waals surface area contributed by atoms with Crippen molar-refractivity contribution in [3.63, 3.8) is 0 Å². The minimum absolute atomic E-state index is 0.255. The average Bonchev–Trinajstić information content (AvgIpc) is 2.78. The summed E-state index contributed by atoms with van der Waals surface area (Å²) in [6.07, 6.45) is 3.18. The van der Waals surface area contributed by atoms with Crippen molar-refractivity contribution in [2.75, 3.05) is 4.90 Å². The van der Waals surface area contributed by atoms with E-state index in [0.29, 0.717) is 21.8 Å². The molecule has 3 rings (SSSR count). The second-order valence-electron chi connectivity index (χ2n) is 4.75. The van der Waals surface area contributed by atoms with Crippen molar-refractivity contribution in [3.8, 4) is 0 Å². The monoisotopic (exact) mass is 332 g/mol. The van der Waals surface area contributed by atoms with Gasteiger partial charge in [-0.1, -0.05) is 35.3 Å². The maximum absolute atomic E-state index is 12.6. The fraction of sp³-hybridized carbons (Fsp3) is 0.0625. The minimum atomic E-state index is -0.460. The SMILES string of the molecule is CC(=O)N1C(=O)C(=C(Cl)c2cccnc2)c2ccc(Cl)cc21. The van der Waals surface area contributed by atoms with E-state index in [1.165, 1.54) is 6.92 Å². The Kier molecular flexibility index (Phi) is 3.72. The number of hydrogen-bond acceptors (Lipinski definition) is 3. The van der Waals surface area contributed by atoms with Gasteiger partial charge in [-0.2, -0.15) is 0 Å². The highest BCUT2D eigenvalue weighted by Crippen LogP contribution is 2.43. The van der Waals surface area contributed by atoms with Crippen LogP contribution in [0.2, 0.25) is 5.02 Å². The maximum atomic E-state index is 12.6. The molecule has 1 aromatic heterocycles. The molecule has 110 valence electrons. The minimum Gasteiger partial charge on any atom is -0.274 e. The van der Waals surface area contributed by atoms with Gasteiger partial charge in [0.15, 0.2) is 0 Å². The lowest BCUT2D eigenvalue weighted by atomic mass is 10.0. The Morgan fingerprint density at radius 2 is 2.05 bits per heavy atom. The van der Waals surface area contributed by atoms with Crippen molar-refractivity contribution < 1.29 is 9.59 Å². The summed E-state index contributed by atoms with van der Waals surface area (Å²) >= 11 is 12.4. The molecule has 0 saturated heterocycles. The first-order chi connectivity index (χ1) is 10.5. The second-order valence-corrected chi connectivity index (χ2v) is 5.57. The molecule has 6 heteroatoms. The van der Waals surface area contributed by atoms with E-state index >= 15 is 0 Å². The summed E-state index contributed by atoms with van der Waals surface area (Å²) in [5.74, 6) is -0.849. The predicted molar refractivity (Wildman–Crippen MR) is 86.5 cm³/mol. The number of imide groups is 1. The van der Waals surface area contributed by atoms with Crippen molar-refractivity contribution in [2.45, 2.75) is 6.92 Å². The van der Waals surface area contributed by atoms with Crippen molar-refractivity contribution in [2.24, 2.45) is 0 Å². The van der Waals surface area contributed by atoms with Gasteiger partial charge in [0.2, 0.25) is 5.91 Å². The number of carbonyl (C=O) groups excluding carboxylic acids is 2. The molecule has 2 aromatic rings. The van der Waals surface area contributed by atoms with Gasteiger partial charge >= 0.3 is 0 Å². The van der Waals surface area contributed by atoms with Crippen LogP contribution in [0.4, 0.5) is 5.69 Å². The van der Waals surface area contributed by atoms with Gasteiger partial charge in [0.25, 0.3) is 5.91 Å². The molecule has 0 radical (unpaired) electrons. The number of hydrogen-bond donors (Lipinski definition) is 0. The van der Waals surface area contributed by atoms with Gasteiger partial charge in [-0.3, -0.25) is 14.6 Å². The summed E-state index contributed by atoms with van der Waals surface area (Å²) in [4.78, 5) is 29.5. The molecule has 0 bridgehead atoms. The third-order valence-electron chi connectivity index (χ3n) is 3.34. The highest BCUT2D eigenvalue weighted by Gasteiger charge is 2.37. The molecule has 0 fully saturated rings. The quantitative estimate of drug-likeness (QED) is 0.747. The molecule has 0 unspecified atom stereocenters. The zero-order chi connectivity index (χ0) is 15.9. The summed E-state index contributed by atoms with van der Waals surface area (Å²) in [6, 6.07) is 8.40.